The molecule has 0 fully saturated rings. The van der Waals surface area contributed by atoms with E-state index in [1.807, 2.05) is 13.8 Å². The van der Waals surface area contributed by atoms with Crippen LogP contribution in [0.3, 0.4) is 0 Å². The first-order chi connectivity index (χ1) is 11.0. The third-order valence-electron chi connectivity index (χ3n) is 2.99. The number of hydrogen-bond donors (Lipinski definition) is 1. The molecule has 0 heterocycles. The van der Waals surface area contributed by atoms with E-state index in [0.29, 0.717) is 36.0 Å². The van der Waals surface area contributed by atoms with Gasteiger partial charge in [-0.25, -0.2) is 0 Å². The number of hydrogen-bond acceptors (Lipinski definition) is 3. The standard InChI is InChI=1S/C10H14N2O2S.C7H7.ClH.Zn/c1-3-13-7-5-8(12-11)10(14-4-2)9(15)6-7;1-7-5-3-2-4-6-7;;/h6,15H,3-5H2,1-2H3;3-6H,1H3;1H;/q;;;+1/p-1. The van der Waals surface area contributed by atoms with Crippen LogP contribution in [0.2, 0.25) is 0 Å². The Bertz CT molecular complexity index is 617. The van der Waals surface area contributed by atoms with Gasteiger partial charge in [-0.15, -0.1) is 12.6 Å². The van der Waals surface area contributed by atoms with Crippen molar-refractivity contribution < 1.29 is 45.0 Å². The summed E-state index contributed by atoms with van der Waals surface area (Å²) < 4.78 is 12.1. The predicted molar refractivity (Wildman–Crippen MR) is 91.4 cm³/mol. The largest absolute Gasteiger partial charge is 1.00 e. The van der Waals surface area contributed by atoms with Gasteiger partial charge in [-0.3, -0.25) is 0 Å². The van der Waals surface area contributed by atoms with Crippen LogP contribution in [0.4, 0.5) is 0 Å². The van der Waals surface area contributed by atoms with E-state index in [4.69, 9.17) is 15.0 Å². The van der Waals surface area contributed by atoms with Gasteiger partial charge < -0.3 is 27.4 Å². The second-order valence-electron chi connectivity index (χ2n) is 4.90. The second-order valence-corrected chi connectivity index (χ2v) is 7.09. The Labute approximate surface area is 165 Å². The van der Waals surface area contributed by atoms with Crippen LogP contribution < -0.4 is 16.6 Å². The number of rotatable bonds is 4. The first-order valence-corrected chi connectivity index (χ1v) is 9.44. The van der Waals surface area contributed by atoms with Crippen molar-refractivity contribution >= 4 is 22.5 Å². The Hall–Kier alpha value is -1.06. The van der Waals surface area contributed by atoms with E-state index in [9.17, 15) is 0 Å². The molecule has 0 unspecified atom stereocenters. The molecule has 126 valence electrons. The van der Waals surface area contributed by atoms with E-state index in [0.717, 1.165) is 5.76 Å². The van der Waals surface area contributed by atoms with Crippen molar-refractivity contribution in [3.63, 3.8) is 0 Å². The molecular formula is C17H21ClN2O2SZn. The molecule has 7 heteroatoms. The monoisotopic (exact) mass is 416 g/mol. The summed E-state index contributed by atoms with van der Waals surface area (Å²) in [6.07, 6.45) is 2.22. The Morgan fingerprint density at radius 2 is 1.75 bits per heavy atom. The van der Waals surface area contributed by atoms with E-state index in [1.165, 1.54) is 28.0 Å². The fourth-order valence-electron chi connectivity index (χ4n) is 1.91. The number of nitrogens with zero attached hydrogens (tertiary/aromatic N) is 2. The summed E-state index contributed by atoms with van der Waals surface area (Å²) >= 11 is 5.53. The van der Waals surface area contributed by atoms with E-state index in [-0.39, 0.29) is 12.4 Å². The number of benzene rings is 1. The van der Waals surface area contributed by atoms with Gasteiger partial charge in [-0.2, -0.15) is 4.79 Å². The maximum atomic E-state index is 8.85. The first-order valence-electron chi connectivity index (χ1n) is 7.51. The van der Waals surface area contributed by atoms with E-state index >= 15 is 0 Å². The molecule has 0 aliphatic heterocycles. The fourth-order valence-corrected chi connectivity index (χ4v) is 2.74. The zero-order valence-corrected chi connectivity index (χ0v) is 18.9. The summed E-state index contributed by atoms with van der Waals surface area (Å²) in [4.78, 5) is 3.82. The molecular weight excluding hydrogens is 397 g/mol. The van der Waals surface area contributed by atoms with Gasteiger partial charge in [0, 0.05) is 0 Å². The molecule has 1 aliphatic rings. The molecule has 1 aliphatic carbocycles. The predicted octanol–water partition coefficient (Wildman–Crippen LogP) is 0.330. The van der Waals surface area contributed by atoms with Crippen molar-refractivity contribution in [3.8, 4) is 0 Å². The molecule has 24 heavy (non-hydrogen) atoms. The molecule has 0 spiro atoms. The average Bonchev–Trinajstić information content (AvgIpc) is 2.53. The maximum absolute atomic E-state index is 8.85. The molecule has 0 bridgehead atoms. The first kappa shape index (κ1) is 22.9. The minimum absolute atomic E-state index is 0. The van der Waals surface area contributed by atoms with Gasteiger partial charge in [0.1, 0.15) is 12.2 Å². The van der Waals surface area contributed by atoms with E-state index in [1.54, 1.807) is 6.08 Å². The smallest absolute Gasteiger partial charge is 1.00 e. The third kappa shape index (κ3) is 7.68. The zero-order valence-electron chi connectivity index (χ0n) is 14.3. The Kier molecular flexibility index (Phi) is 11.8. The fraction of sp³-hybridized carbons (Fsp3) is 0.353. The summed E-state index contributed by atoms with van der Waals surface area (Å²) in [6.45, 7) is 6.96. The van der Waals surface area contributed by atoms with Gasteiger partial charge in [0.05, 0.1) is 18.1 Å². The summed E-state index contributed by atoms with van der Waals surface area (Å²) in [5.41, 5.74) is 10.6. The number of thiol groups is 1. The molecule has 0 aromatic heterocycles. The molecule has 0 radical (unpaired) electrons. The van der Waals surface area contributed by atoms with Gasteiger partial charge >= 0.3 is 64.9 Å². The number of allylic oxidation sites excluding steroid dienone is 3. The second kappa shape index (κ2) is 12.3. The quantitative estimate of drug-likeness (QED) is 0.332. The summed E-state index contributed by atoms with van der Waals surface area (Å²) in [6, 6.07) is 8.66. The van der Waals surface area contributed by atoms with Gasteiger partial charge in [-0.05, 0) is 19.9 Å². The number of ether oxygens (including phenoxy) is 2. The van der Waals surface area contributed by atoms with Crippen LogP contribution in [-0.2, 0) is 27.8 Å². The third-order valence-corrected chi connectivity index (χ3v) is 4.32. The molecule has 0 saturated heterocycles. The normalized spacial score (nSPS) is 13.1. The van der Waals surface area contributed by atoms with Crippen LogP contribution in [0.25, 0.3) is 5.53 Å². The molecule has 1 aromatic carbocycles. The zero-order chi connectivity index (χ0) is 17.2. The minimum Gasteiger partial charge on any atom is -1.00 e. The van der Waals surface area contributed by atoms with E-state index in [2.05, 4.69) is 48.6 Å². The van der Waals surface area contributed by atoms with Crippen LogP contribution in [0.5, 0.6) is 0 Å². The summed E-state index contributed by atoms with van der Waals surface area (Å²) in [5, 5.41) is 0. The van der Waals surface area contributed by atoms with Crippen molar-refractivity contribution in [1.82, 2.24) is 0 Å². The molecule has 0 atom stereocenters. The van der Waals surface area contributed by atoms with Crippen molar-refractivity contribution in [1.29, 1.82) is 0 Å². The van der Waals surface area contributed by atoms with Crippen molar-refractivity contribution in [2.45, 2.75) is 27.2 Å². The summed E-state index contributed by atoms with van der Waals surface area (Å²) in [7, 11) is 0. The van der Waals surface area contributed by atoms with Crippen molar-refractivity contribution in [2.75, 3.05) is 13.2 Å². The van der Waals surface area contributed by atoms with Crippen LogP contribution in [0, 0.1) is 6.92 Å². The number of halogens is 1. The Morgan fingerprint density at radius 3 is 2.21 bits per heavy atom. The molecule has 0 amide bonds. The molecule has 4 nitrogen and oxygen atoms in total. The van der Waals surface area contributed by atoms with Gasteiger partial charge in [0.2, 0.25) is 5.76 Å². The Morgan fingerprint density at radius 1 is 1.17 bits per heavy atom. The Balaban J connectivity index is 0.000000498. The summed E-state index contributed by atoms with van der Waals surface area (Å²) in [5.74, 6) is 1.26. The molecule has 1 aromatic rings. The van der Waals surface area contributed by atoms with Crippen LogP contribution in [0.1, 0.15) is 25.8 Å². The van der Waals surface area contributed by atoms with Crippen LogP contribution >= 0.6 is 12.6 Å². The molecule has 0 saturated carbocycles. The van der Waals surface area contributed by atoms with Gasteiger partial charge in [0.15, 0.2) is 0 Å². The van der Waals surface area contributed by atoms with Crippen molar-refractivity contribution in [2.24, 2.45) is 0 Å². The molecule has 2 rings (SSSR count). The topological polar surface area (TPSA) is 54.9 Å². The molecule has 0 N–H and O–H groups in total. The van der Waals surface area contributed by atoms with Crippen molar-refractivity contribution in [3.05, 3.63) is 57.9 Å². The van der Waals surface area contributed by atoms with E-state index < -0.39 is 0 Å². The van der Waals surface area contributed by atoms with Gasteiger partial charge in [0.25, 0.3) is 0 Å². The maximum Gasteiger partial charge on any atom is -1.00 e. The number of aryl methyl sites for hydroxylation is 1. The van der Waals surface area contributed by atoms with Gasteiger partial charge in [-0.1, -0.05) is 0 Å². The van der Waals surface area contributed by atoms with Crippen LogP contribution in [0.15, 0.2) is 46.8 Å². The van der Waals surface area contributed by atoms with Crippen LogP contribution in [-0.4, -0.2) is 23.7 Å². The average molecular weight is 418 g/mol. The minimum atomic E-state index is 0. The SMILES string of the molecule is CCOC1=CC(S)=C(OCC)C(=[N+]=[N-])C1.Cc1cc[c]([Zn+])cc1.[Cl-].